The van der Waals surface area contributed by atoms with E-state index in [0.717, 1.165) is 0 Å². The second-order valence-corrected chi connectivity index (χ2v) is 4.73. The zero-order valence-electron chi connectivity index (χ0n) is 12.1. The fraction of sp³-hybridized carbons (Fsp3) is 0.286. The van der Waals surface area contributed by atoms with E-state index in [1.54, 1.807) is 6.92 Å². The van der Waals surface area contributed by atoms with Crippen molar-refractivity contribution in [1.82, 2.24) is 10.3 Å². The number of ether oxygens (including phenoxy) is 1. The summed E-state index contributed by atoms with van der Waals surface area (Å²) in [6, 6.07) is 4.73. The summed E-state index contributed by atoms with van der Waals surface area (Å²) in [5.41, 5.74) is 6.25. The molecule has 0 aliphatic heterocycles. The molecule has 1 aromatic carbocycles. The van der Waals surface area contributed by atoms with Crippen molar-refractivity contribution in [2.45, 2.75) is 25.9 Å². The number of alkyl halides is 3. The molecule has 1 atom stereocenters. The van der Waals surface area contributed by atoms with Crippen LogP contribution in [-0.4, -0.2) is 17.3 Å². The second-order valence-electron chi connectivity index (χ2n) is 4.73. The van der Waals surface area contributed by atoms with Gasteiger partial charge in [0.15, 0.2) is 5.69 Å². The molecule has 0 radical (unpaired) electrons. The molecule has 1 unspecified atom stereocenters. The minimum Gasteiger partial charge on any atom is -0.446 e. The first-order chi connectivity index (χ1) is 10.7. The number of aromatic nitrogens is 1. The lowest BCUT2D eigenvalue weighted by atomic mass is 10.2. The van der Waals surface area contributed by atoms with E-state index in [4.69, 9.17) is 10.2 Å². The Bertz CT molecular complexity index is 666. The van der Waals surface area contributed by atoms with Gasteiger partial charge in [-0.1, -0.05) is 12.1 Å². The molecule has 0 saturated carbocycles. The van der Waals surface area contributed by atoms with Crippen molar-refractivity contribution >= 4 is 5.91 Å². The van der Waals surface area contributed by atoms with Gasteiger partial charge in [0, 0.05) is 6.54 Å². The number of nitrogens with one attached hydrogen (secondary N) is 1. The molecule has 1 aromatic heterocycles. The third-order valence-corrected chi connectivity index (χ3v) is 2.75. The van der Waals surface area contributed by atoms with Gasteiger partial charge in [-0.15, -0.1) is 13.2 Å². The van der Waals surface area contributed by atoms with Crippen LogP contribution in [0.15, 0.2) is 34.9 Å². The molecule has 0 bridgehead atoms. The molecule has 6 nitrogen and oxygen atoms in total. The Morgan fingerprint density at radius 1 is 1.39 bits per heavy atom. The smallest absolute Gasteiger partial charge is 0.446 e. The maximum Gasteiger partial charge on any atom is 0.573 e. The van der Waals surface area contributed by atoms with E-state index in [1.165, 1.54) is 30.5 Å². The number of amides is 1. The average Bonchev–Trinajstić information content (AvgIpc) is 2.94. The Morgan fingerprint density at radius 3 is 2.57 bits per heavy atom. The van der Waals surface area contributed by atoms with Crippen molar-refractivity contribution in [3.8, 4) is 5.75 Å². The molecule has 0 fully saturated rings. The van der Waals surface area contributed by atoms with E-state index in [-0.39, 0.29) is 23.9 Å². The van der Waals surface area contributed by atoms with Crippen LogP contribution in [-0.2, 0) is 6.54 Å². The van der Waals surface area contributed by atoms with Crippen LogP contribution in [0, 0.1) is 0 Å². The van der Waals surface area contributed by atoms with Crippen LogP contribution in [0.3, 0.4) is 0 Å². The third kappa shape index (κ3) is 4.99. The van der Waals surface area contributed by atoms with Gasteiger partial charge in [0.2, 0.25) is 5.89 Å². The van der Waals surface area contributed by atoms with Gasteiger partial charge < -0.3 is 20.2 Å². The molecule has 1 amide bonds. The van der Waals surface area contributed by atoms with E-state index in [9.17, 15) is 18.0 Å². The van der Waals surface area contributed by atoms with Gasteiger partial charge in [0.05, 0.1) is 6.04 Å². The molecule has 124 valence electrons. The van der Waals surface area contributed by atoms with Gasteiger partial charge in [-0.2, -0.15) is 0 Å². The first-order valence-corrected chi connectivity index (χ1v) is 6.58. The summed E-state index contributed by atoms with van der Waals surface area (Å²) >= 11 is 0. The highest BCUT2D eigenvalue weighted by atomic mass is 19.4. The number of hydrogen-bond donors (Lipinski definition) is 2. The number of nitrogens with two attached hydrogens (primary N) is 1. The highest BCUT2D eigenvalue weighted by Crippen LogP contribution is 2.22. The summed E-state index contributed by atoms with van der Waals surface area (Å²) in [6.45, 7) is 1.78. The number of oxazole rings is 1. The Balaban J connectivity index is 1.91. The predicted octanol–water partition coefficient (Wildman–Crippen LogP) is 2.52. The lowest BCUT2D eigenvalue weighted by Gasteiger charge is -2.09. The minimum absolute atomic E-state index is 0.0781. The van der Waals surface area contributed by atoms with E-state index in [2.05, 4.69) is 15.0 Å². The van der Waals surface area contributed by atoms with Gasteiger partial charge in [0.25, 0.3) is 5.91 Å². The number of nitrogens with zero attached hydrogens (tertiary/aromatic N) is 1. The van der Waals surface area contributed by atoms with Crippen LogP contribution in [0.5, 0.6) is 5.75 Å². The SMILES string of the molecule is CC(N)c1nc(C(=O)NCc2ccc(OC(F)(F)F)cc2)co1. The average molecular weight is 329 g/mol. The van der Waals surface area contributed by atoms with Gasteiger partial charge in [0.1, 0.15) is 12.0 Å². The first kappa shape index (κ1) is 16.8. The Morgan fingerprint density at radius 2 is 2.04 bits per heavy atom. The summed E-state index contributed by atoms with van der Waals surface area (Å²) in [6.07, 6.45) is -3.55. The normalized spacial score (nSPS) is 12.7. The third-order valence-electron chi connectivity index (χ3n) is 2.75. The van der Waals surface area contributed by atoms with Crippen LogP contribution in [0.4, 0.5) is 13.2 Å². The Labute approximate surface area is 129 Å². The summed E-state index contributed by atoms with van der Waals surface area (Å²) in [4.78, 5) is 15.8. The van der Waals surface area contributed by atoms with Gasteiger partial charge in [-0.25, -0.2) is 4.98 Å². The summed E-state index contributed by atoms with van der Waals surface area (Å²) in [5.74, 6) is -0.564. The van der Waals surface area contributed by atoms with Crippen molar-refractivity contribution in [3.05, 3.63) is 47.7 Å². The Kier molecular flexibility index (Phi) is 4.89. The number of benzene rings is 1. The second kappa shape index (κ2) is 6.69. The van der Waals surface area contributed by atoms with Crippen LogP contribution in [0.2, 0.25) is 0 Å². The van der Waals surface area contributed by atoms with Crippen molar-refractivity contribution < 1.29 is 27.1 Å². The highest BCUT2D eigenvalue weighted by Gasteiger charge is 2.30. The topological polar surface area (TPSA) is 90.4 Å². The quantitative estimate of drug-likeness (QED) is 0.880. The standard InChI is InChI=1S/C14H14F3N3O3/c1-8(18)13-20-11(7-22-13)12(21)19-6-9-2-4-10(5-3-9)23-14(15,16)17/h2-5,7-8H,6,18H2,1H3,(H,19,21). The minimum atomic E-state index is -4.74. The van der Waals surface area contributed by atoms with Crippen molar-refractivity contribution in [2.24, 2.45) is 5.73 Å². The maximum absolute atomic E-state index is 12.0. The number of carbonyl (C=O) groups is 1. The lowest BCUT2D eigenvalue weighted by molar-refractivity contribution is -0.274. The van der Waals surface area contributed by atoms with Crippen LogP contribution in [0.25, 0.3) is 0 Å². The summed E-state index contributed by atoms with van der Waals surface area (Å²) < 4.78 is 44.9. The van der Waals surface area contributed by atoms with Crippen LogP contribution < -0.4 is 15.8 Å². The predicted molar refractivity (Wildman–Crippen MR) is 73.4 cm³/mol. The first-order valence-electron chi connectivity index (χ1n) is 6.58. The van der Waals surface area contributed by atoms with Crippen molar-refractivity contribution in [1.29, 1.82) is 0 Å². The van der Waals surface area contributed by atoms with Crippen molar-refractivity contribution in [2.75, 3.05) is 0 Å². The van der Waals surface area contributed by atoms with E-state index in [0.29, 0.717) is 5.56 Å². The Hall–Kier alpha value is -2.55. The number of halogens is 3. The fourth-order valence-corrected chi connectivity index (χ4v) is 1.68. The zero-order valence-corrected chi connectivity index (χ0v) is 12.1. The molecular formula is C14H14F3N3O3. The van der Waals surface area contributed by atoms with E-state index < -0.39 is 18.3 Å². The molecule has 3 N–H and O–H groups in total. The highest BCUT2D eigenvalue weighted by molar-refractivity contribution is 5.91. The molecule has 0 aliphatic rings. The van der Waals surface area contributed by atoms with Crippen LogP contribution in [0.1, 0.15) is 34.9 Å². The largest absolute Gasteiger partial charge is 0.573 e. The monoisotopic (exact) mass is 329 g/mol. The molecule has 0 aliphatic carbocycles. The van der Waals surface area contributed by atoms with E-state index in [1.807, 2.05) is 0 Å². The summed E-state index contributed by atoms with van der Waals surface area (Å²) in [5, 5.41) is 2.57. The molecule has 2 aromatic rings. The zero-order chi connectivity index (χ0) is 17.0. The maximum atomic E-state index is 12.0. The van der Waals surface area contributed by atoms with E-state index >= 15 is 0 Å². The van der Waals surface area contributed by atoms with Gasteiger partial charge in [-0.05, 0) is 24.6 Å². The number of rotatable bonds is 5. The molecule has 0 saturated heterocycles. The fourth-order valence-electron chi connectivity index (χ4n) is 1.68. The van der Waals surface area contributed by atoms with Gasteiger partial charge in [-0.3, -0.25) is 4.79 Å². The molecule has 1 heterocycles. The molecule has 9 heteroatoms. The molecule has 2 rings (SSSR count). The van der Waals surface area contributed by atoms with Crippen molar-refractivity contribution in [3.63, 3.8) is 0 Å². The number of hydrogen-bond acceptors (Lipinski definition) is 5. The molecular weight excluding hydrogens is 315 g/mol. The number of carbonyl (C=O) groups excluding carboxylic acids is 1. The summed E-state index contributed by atoms with van der Waals surface area (Å²) in [7, 11) is 0. The molecule has 23 heavy (non-hydrogen) atoms. The molecule has 0 spiro atoms. The lowest BCUT2D eigenvalue weighted by Crippen LogP contribution is -2.23. The van der Waals surface area contributed by atoms with Crippen LogP contribution >= 0.6 is 0 Å². The van der Waals surface area contributed by atoms with Gasteiger partial charge >= 0.3 is 6.36 Å².